The molecule has 0 aromatic heterocycles. The van der Waals surface area contributed by atoms with Gasteiger partial charge in [0, 0.05) is 17.8 Å². The molecule has 4 nitrogen and oxygen atoms in total. The minimum atomic E-state index is -0.117. The summed E-state index contributed by atoms with van der Waals surface area (Å²) in [5.74, 6) is 0.127. The van der Waals surface area contributed by atoms with Crippen molar-refractivity contribution in [3.63, 3.8) is 0 Å². The average molecular weight is 270 g/mol. The predicted octanol–water partition coefficient (Wildman–Crippen LogP) is 2.26. The minimum absolute atomic E-state index is 0.117. The highest BCUT2D eigenvalue weighted by Gasteiger charge is 2.08. The maximum Gasteiger partial charge on any atom is 0.251 e. The van der Waals surface area contributed by atoms with Crippen LogP contribution in [0.4, 0.5) is 5.69 Å². The predicted molar refractivity (Wildman–Crippen MR) is 79.7 cm³/mol. The molecule has 0 aliphatic carbocycles. The second-order valence-corrected chi connectivity index (χ2v) is 4.75. The van der Waals surface area contributed by atoms with Crippen LogP contribution in [0.2, 0.25) is 0 Å². The zero-order chi connectivity index (χ0) is 14.5. The molecule has 2 aromatic carbocycles. The number of nitrogen functional groups attached to an aromatic ring is 1. The molecule has 2 rings (SSSR count). The van der Waals surface area contributed by atoms with Gasteiger partial charge in [0.05, 0.1) is 0 Å². The Morgan fingerprint density at radius 3 is 2.60 bits per heavy atom. The number of phenolic OH excluding ortho intramolecular Hbond substituents is 1. The van der Waals surface area contributed by atoms with Crippen LogP contribution in [-0.2, 0) is 6.42 Å². The molecule has 0 saturated carbocycles. The van der Waals surface area contributed by atoms with Gasteiger partial charge in [-0.3, -0.25) is 4.79 Å². The molecule has 0 atom stereocenters. The van der Waals surface area contributed by atoms with E-state index in [1.54, 1.807) is 24.3 Å². The average Bonchev–Trinajstić information content (AvgIpc) is 2.43. The smallest absolute Gasteiger partial charge is 0.251 e. The van der Waals surface area contributed by atoms with Crippen molar-refractivity contribution in [2.24, 2.45) is 0 Å². The first-order valence-corrected chi connectivity index (χ1v) is 6.48. The van der Waals surface area contributed by atoms with Crippen LogP contribution >= 0.6 is 0 Å². The molecule has 104 valence electrons. The molecule has 0 heterocycles. The topological polar surface area (TPSA) is 75.4 Å². The number of hydrogen-bond donors (Lipinski definition) is 3. The number of hydrogen-bond acceptors (Lipinski definition) is 3. The van der Waals surface area contributed by atoms with E-state index in [1.165, 1.54) is 0 Å². The van der Waals surface area contributed by atoms with Gasteiger partial charge in [-0.1, -0.05) is 18.2 Å². The van der Waals surface area contributed by atoms with Gasteiger partial charge in [-0.2, -0.15) is 0 Å². The number of aromatic hydroxyl groups is 1. The highest BCUT2D eigenvalue weighted by Crippen LogP contribution is 2.13. The van der Waals surface area contributed by atoms with E-state index in [9.17, 15) is 9.90 Å². The molecule has 0 saturated heterocycles. The second-order valence-electron chi connectivity index (χ2n) is 4.75. The van der Waals surface area contributed by atoms with Gasteiger partial charge in [-0.05, 0) is 48.7 Å². The maximum atomic E-state index is 12.1. The third kappa shape index (κ3) is 3.51. The van der Waals surface area contributed by atoms with Crippen molar-refractivity contribution in [3.8, 4) is 5.75 Å². The zero-order valence-corrected chi connectivity index (χ0v) is 11.4. The largest absolute Gasteiger partial charge is 0.508 e. The first kappa shape index (κ1) is 13.9. The summed E-state index contributed by atoms with van der Waals surface area (Å²) in [5, 5.41) is 12.1. The summed E-state index contributed by atoms with van der Waals surface area (Å²) in [4.78, 5) is 12.1. The van der Waals surface area contributed by atoms with Crippen molar-refractivity contribution < 1.29 is 9.90 Å². The fourth-order valence-electron chi connectivity index (χ4n) is 1.96. The third-order valence-electron chi connectivity index (χ3n) is 3.14. The minimum Gasteiger partial charge on any atom is -0.508 e. The van der Waals surface area contributed by atoms with Crippen molar-refractivity contribution in [2.45, 2.75) is 13.3 Å². The molecule has 0 spiro atoms. The number of nitrogens with two attached hydrogens (primary N) is 1. The lowest BCUT2D eigenvalue weighted by Gasteiger charge is -2.08. The fourth-order valence-corrected chi connectivity index (χ4v) is 1.96. The Labute approximate surface area is 118 Å². The molecule has 0 aliphatic rings. The van der Waals surface area contributed by atoms with E-state index in [0.29, 0.717) is 24.2 Å². The Hall–Kier alpha value is -2.49. The van der Waals surface area contributed by atoms with Gasteiger partial charge in [0.2, 0.25) is 0 Å². The first-order chi connectivity index (χ1) is 9.56. The van der Waals surface area contributed by atoms with Crippen LogP contribution in [0, 0.1) is 6.92 Å². The van der Waals surface area contributed by atoms with E-state index in [2.05, 4.69) is 5.32 Å². The Balaban J connectivity index is 1.92. The van der Waals surface area contributed by atoms with Crippen LogP contribution in [0.5, 0.6) is 5.75 Å². The molecule has 2 aromatic rings. The summed E-state index contributed by atoms with van der Waals surface area (Å²) in [6.45, 7) is 2.42. The van der Waals surface area contributed by atoms with Crippen molar-refractivity contribution in [2.75, 3.05) is 12.3 Å². The van der Waals surface area contributed by atoms with Gasteiger partial charge >= 0.3 is 0 Å². The number of phenols is 1. The summed E-state index contributed by atoms with van der Waals surface area (Å²) in [7, 11) is 0. The number of rotatable bonds is 4. The number of anilines is 1. The summed E-state index contributed by atoms with van der Waals surface area (Å²) in [6, 6.07) is 12.3. The molecule has 4 N–H and O–H groups in total. The molecule has 0 aliphatic heterocycles. The SMILES string of the molecule is Cc1ccc(N)cc1C(=O)NCCc1ccc(O)cc1. The van der Waals surface area contributed by atoms with Crippen LogP contribution < -0.4 is 11.1 Å². The lowest BCUT2D eigenvalue weighted by Crippen LogP contribution is -2.26. The van der Waals surface area contributed by atoms with Gasteiger partial charge in [0.25, 0.3) is 5.91 Å². The standard InChI is InChI=1S/C16H18N2O2/c1-11-2-5-13(17)10-15(11)16(20)18-9-8-12-3-6-14(19)7-4-12/h2-7,10,19H,8-9,17H2,1H3,(H,18,20). The van der Waals surface area contributed by atoms with Gasteiger partial charge in [-0.25, -0.2) is 0 Å². The Bertz CT molecular complexity index is 606. The molecule has 0 unspecified atom stereocenters. The molecular formula is C16H18N2O2. The third-order valence-corrected chi connectivity index (χ3v) is 3.14. The van der Waals surface area contributed by atoms with E-state index in [1.807, 2.05) is 25.1 Å². The van der Waals surface area contributed by atoms with E-state index in [-0.39, 0.29) is 11.7 Å². The van der Waals surface area contributed by atoms with E-state index in [0.717, 1.165) is 11.1 Å². The molecule has 1 amide bonds. The van der Waals surface area contributed by atoms with Crippen LogP contribution in [0.1, 0.15) is 21.5 Å². The molecule has 0 fully saturated rings. The number of amides is 1. The summed E-state index contributed by atoms with van der Waals surface area (Å²) in [6.07, 6.45) is 0.716. The number of aryl methyl sites for hydroxylation is 1. The van der Waals surface area contributed by atoms with E-state index in [4.69, 9.17) is 5.73 Å². The van der Waals surface area contributed by atoms with Gasteiger partial charge < -0.3 is 16.2 Å². The number of carbonyl (C=O) groups is 1. The Morgan fingerprint density at radius 2 is 1.90 bits per heavy atom. The normalized spacial score (nSPS) is 10.2. The Morgan fingerprint density at radius 1 is 1.20 bits per heavy atom. The monoisotopic (exact) mass is 270 g/mol. The summed E-state index contributed by atoms with van der Waals surface area (Å²) < 4.78 is 0. The summed E-state index contributed by atoms with van der Waals surface area (Å²) in [5.41, 5.74) is 8.85. The first-order valence-electron chi connectivity index (χ1n) is 6.48. The quantitative estimate of drug-likeness (QED) is 0.746. The van der Waals surface area contributed by atoms with Gasteiger partial charge in [-0.15, -0.1) is 0 Å². The molecular weight excluding hydrogens is 252 g/mol. The van der Waals surface area contributed by atoms with Crippen molar-refractivity contribution in [1.29, 1.82) is 0 Å². The molecule has 4 heteroatoms. The van der Waals surface area contributed by atoms with Crippen molar-refractivity contribution in [3.05, 3.63) is 59.2 Å². The molecule has 20 heavy (non-hydrogen) atoms. The molecule has 0 radical (unpaired) electrons. The fraction of sp³-hybridized carbons (Fsp3) is 0.188. The summed E-state index contributed by atoms with van der Waals surface area (Å²) >= 11 is 0. The van der Waals surface area contributed by atoms with E-state index >= 15 is 0 Å². The van der Waals surface area contributed by atoms with Crippen LogP contribution in [-0.4, -0.2) is 17.6 Å². The number of carbonyl (C=O) groups excluding carboxylic acids is 1. The highest BCUT2D eigenvalue weighted by molar-refractivity contribution is 5.96. The highest BCUT2D eigenvalue weighted by atomic mass is 16.3. The van der Waals surface area contributed by atoms with E-state index < -0.39 is 0 Å². The lowest BCUT2D eigenvalue weighted by molar-refractivity contribution is 0.0953. The van der Waals surface area contributed by atoms with Gasteiger partial charge in [0.15, 0.2) is 0 Å². The van der Waals surface area contributed by atoms with Crippen LogP contribution in [0.15, 0.2) is 42.5 Å². The zero-order valence-electron chi connectivity index (χ0n) is 11.4. The lowest BCUT2D eigenvalue weighted by atomic mass is 10.1. The Kier molecular flexibility index (Phi) is 4.25. The van der Waals surface area contributed by atoms with Crippen molar-refractivity contribution >= 4 is 11.6 Å². The second kappa shape index (κ2) is 6.10. The van der Waals surface area contributed by atoms with Crippen molar-refractivity contribution in [1.82, 2.24) is 5.32 Å². The number of nitrogens with one attached hydrogen (secondary N) is 1. The van der Waals surface area contributed by atoms with Crippen LogP contribution in [0.25, 0.3) is 0 Å². The number of benzene rings is 2. The molecule has 0 bridgehead atoms. The maximum absolute atomic E-state index is 12.1. The van der Waals surface area contributed by atoms with Gasteiger partial charge in [0.1, 0.15) is 5.75 Å². The van der Waals surface area contributed by atoms with Crippen LogP contribution in [0.3, 0.4) is 0 Å².